The zero-order valence-electron chi connectivity index (χ0n) is 13.0. The van der Waals surface area contributed by atoms with Gasteiger partial charge in [0.2, 0.25) is 0 Å². The molecule has 3 heteroatoms. The van der Waals surface area contributed by atoms with Crippen LogP contribution in [0, 0.1) is 5.92 Å². The fourth-order valence-corrected chi connectivity index (χ4v) is 3.90. The molecule has 1 aliphatic heterocycles. The highest BCUT2D eigenvalue weighted by Gasteiger charge is 2.22. The fraction of sp³-hybridized carbons (Fsp3) is 0.647. The number of benzene rings is 1. The lowest BCUT2D eigenvalue weighted by Gasteiger charge is -2.21. The van der Waals surface area contributed by atoms with E-state index in [0.717, 1.165) is 12.5 Å². The molecule has 112 valence electrons. The predicted octanol–water partition coefficient (Wildman–Crippen LogP) is 4.75. The zero-order chi connectivity index (χ0) is 14.5. The maximum absolute atomic E-state index is 3.74. The van der Waals surface area contributed by atoms with Gasteiger partial charge in [0, 0.05) is 29.3 Å². The van der Waals surface area contributed by atoms with Crippen molar-refractivity contribution in [2.75, 3.05) is 24.5 Å². The van der Waals surface area contributed by atoms with Crippen molar-refractivity contribution in [2.45, 2.75) is 46.1 Å². The molecule has 0 spiro atoms. The third-order valence-corrected chi connectivity index (χ3v) is 5.00. The summed E-state index contributed by atoms with van der Waals surface area (Å²) in [6, 6.07) is 7.23. The summed E-state index contributed by atoms with van der Waals surface area (Å²) in [6.07, 6.45) is 4.02. The molecule has 1 aromatic rings. The second-order valence-electron chi connectivity index (χ2n) is 5.87. The van der Waals surface area contributed by atoms with Gasteiger partial charge in [0.05, 0.1) is 0 Å². The Bertz CT molecular complexity index is 433. The first kappa shape index (κ1) is 15.8. The summed E-state index contributed by atoms with van der Waals surface area (Å²) in [5.74, 6) is 0.888. The molecule has 2 unspecified atom stereocenters. The van der Waals surface area contributed by atoms with Crippen molar-refractivity contribution in [1.82, 2.24) is 5.32 Å². The van der Waals surface area contributed by atoms with Crippen LogP contribution in [0.5, 0.6) is 0 Å². The van der Waals surface area contributed by atoms with E-state index in [0.29, 0.717) is 6.04 Å². The quantitative estimate of drug-likeness (QED) is 0.805. The van der Waals surface area contributed by atoms with E-state index in [1.165, 1.54) is 48.1 Å². The van der Waals surface area contributed by atoms with Gasteiger partial charge in [0.15, 0.2) is 0 Å². The highest BCUT2D eigenvalue weighted by atomic mass is 79.9. The Balaban J connectivity index is 2.06. The summed E-state index contributed by atoms with van der Waals surface area (Å²) in [6.45, 7) is 10.1. The van der Waals surface area contributed by atoms with Crippen LogP contribution in [0.3, 0.4) is 0 Å². The molecule has 2 rings (SSSR count). The van der Waals surface area contributed by atoms with Crippen LogP contribution in [0.15, 0.2) is 22.7 Å². The molecular formula is C17H27BrN2. The lowest BCUT2D eigenvalue weighted by atomic mass is 10.0. The van der Waals surface area contributed by atoms with Gasteiger partial charge < -0.3 is 10.2 Å². The van der Waals surface area contributed by atoms with E-state index in [4.69, 9.17) is 0 Å². The molecule has 0 radical (unpaired) electrons. The van der Waals surface area contributed by atoms with Crippen molar-refractivity contribution < 1.29 is 0 Å². The summed E-state index contributed by atoms with van der Waals surface area (Å²) in [4.78, 5) is 2.53. The summed E-state index contributed by atoms with van der Waals surface area (Å²) in [7, 11) is 0. The maximum atomic E-state index is 3.74. The number of rotatable bonds is 6. The monoisotopic (exact) mass is 338 g/mol. The highest BCUT2D eigenvalue weighted by molar-refractivity contribution is 9.10. The average Bonchev–Trinajstić information content (AvgIpc) is 2.88. The molecule has 1 aliphatic rings. The molecule has 0 amide bonds. The van der Waals surface area contributed by atoms with Gasteiger partial charge >= 0.3 is 0 Å². The van der Waals surface area contributed by atoms with Crippen molar-refractivity contribution in [3.05, 3.63) is 28.2 Å². The van der Waals surface area contributed by atoms with E-state index in [-0.39, 0.29) is 0 Å². The zero-order valence-corrected chi connectivity index (χ0v) is 14.5. The van der Waals surface area contributed by atoms with Crippen molar-refractivity contribution >= 4 is 21.6 Å². The number of hydrogen-bond donors (Lipinski definition) is 1. The van der Waals surface area contributed by atoms with Gasteiger partial charge in [0.25, 0.3) is 0 Å². The molecule has 2 nitrogen and oxygen atoms in total. The summed E-state index contributed by atoms with van der Waals surface area (Å²) < 4.78 is 1.22. The SMILES string of the molecule is CCCC1CCN(c2ccc(C(C)NCC)c(Br)c2)C1. The number of hydrogen-bond acceptors (Lipinski definition) is 2. The standard InChI is InChI=1S/C17H27BrN2/c1-4-6-14-9-10-20(12-14)15-7-8-16(17(18)11-15)13(3)19-5-2/h7-8,11,13-14,19H,4-6,9-10,12H2,1-3H3. The summed E-state index contributed by atoms with van der Waals surface area (Å²) >= 11 is 3.74. The molecule has 0 aromatic heterocycles. The lowest BCUT2D eigenvalue weighted by molar-refractivity contribution is 0.530. The minimum absolute atomic E-state index is 0.398. The molecule has 1 N–H and O–H groups in total. The molecule has 0 aliphatic carbocycles. The van der Waals surface area contributed by atoms with E-state index < -0.39 is 0 Å². The van der Waals surface area contributed by atoms with E-state index in [1.54, 1.807) is 0 Å². The Kier molecular flexibility index (Phi) is 5.91. The topological polar surface area (TPSA) is 15.3 Å². The minimum atomic E-state index is 0.398. The van der Waals surface area contributed by atoms with Crippen LogP contribution in [0.4, 0.5) is 5.69 Å². The maximum Gasteiger partial charge on any atom is 0.0377 e. The Morgan fingerprint density at radius 3 is 2.85 bits per heavy atom. The Morgan fingerprint density at radius 1 is 1.40 bits per heavy atom. The number of halogens is 1. The normalized spacial score (nSPS) is 20.4. The van der Waals surface area contributed by atoms with Crippen LogP contribution in [0.1, 0.15) is 51.6 Å². The number of nitrogens with one attached hydrogen (secondary N) is 1. The molecule has 0 bridgehead atoms. The van der Waals surface area contributed by atoms with Crippen LogP contribution in [0.2, 0.25) is 0 Å². The Morgan fingerprint density at radius 2 is 2.20 bits per heavy atom. The van der Waals surface area contributed by atoms with Crippen molar-refractivity contribution in [2.24, 2.45) is 5.92 Å². The molecule has 1 saturated heterocycles. The molecule has 1 heterocycles. The van der Waals surface area contributed by atoms with Crippen LogP contribution in [0.25, 0.3) is 0 Å². The van der Waals surface area contributed by atoms with E-state index in [1.807, 2.05) is 0 Å². The molecule has 1 aromatic carbocycles. The van der Waals surface area contributed by atoms with Crippen molar-refractivity contribution in [3.8, 4) is 0 Å². The van der Waals surface area contributed by atoms with Crippen LogP contribution in [-0.2, 0) is 0 Å². The second-order valence-corrected chi connectivity index (χ2v) is 6.73. The summed E-state index contributed by atoms with van der Waals surface area (Å²) in [5.41, 5.74) is 2.71. The summed E-state index contributed by atoms with van der Waals surface area (Å²) in [5, 5.41) is 3.47. The van der Waals surface area contributed by atoms with Gasteiger partial charge in [0.1, 0.15) is 0 Å². The Labute approximate surface area is 132 Å². The van der Waals surface area contributed by atoms with E-state index in [2.05, 4.69) is 65.1 Å². The number of anilines is 1. The first-order valence-electron chi connectivity index (χ1n) is 7.93. The van der Waals surface area contributed by atoms with Gasteiger partial charge in [-0.15, -0.1) is 0 Å². The van der Waals surface area contributed by atoms with E-state index in [9.17, 15) is 0 Å². The van der Waals surface area contributed by atoms with Crippen molar-refractivity contribution in [1.29, 1.82) is 0 Å². The van der Waals surface area contributed by atoms with Gasteiger partial charge in [-0.3, -0.25) is 0 Å². The van der Waals surface area contributed by atoms with Gasteiger partial charge in [-0.2, -0.15) is 0 Å². The van der Waals surface area contributed by atoms with Crippen LogP contribution >= 0.6 is 15.9 Å². The van der Waals surface area contributed by atoms with Gasteiger partial charge in [-0.25, -0.2) is 0 Å². The average molecular weight is 339 g/mol. The smallest absolute Gasteiger partial charge is 0.0377 e. The largest absolute Gasteiger partial charge is 0.371 e. The minimum Gasteiger partial charge on any atom is -0.371 e. The first-order valence-corrected chi connectivity index (χ1v) is 8.72. The number of nitrogens with zero attached hydrogens (tertiary/aromatic N) is 1. The molecule has 1 fully saturated rings. The molecule has 2 atom stereocenters. The Hall–Kier alpha value is -0.540. The predicted molar refractivity (Wildman–Crippen MR) is 91.5 cm³/mol. The van der Waals surface area contributed by atoms with Crippen molar-refractivity contribution in [3.63, 3.8) is 0 Å². The first-order chi connectivity index (χ1) is 9.65. The second kappa shape index (κ2) is 7.46. The third kappa shape index (κ3) is 3.76. The lowest BCUT2D eigenvalue weighted by Crippen LogP contribution is -2.21. The third-order valence-electron chi connectivity index (χ3n) is 4.31. The van der Waals surface area contributed by atoms with Crippen LogP contribution in [-0.4, -0.2) is 19.6 Å². The van der Waals surface area contributed by atoms with Crippen LogP contribution < -0.4 is 10.2 Å². The molecule has 20 heavy (non-hydrogen) atoms. The fourth-order valence-electron chi connectivity index (χ4n) is 3.19. The van der Waals surface area contributed by atoms with Gasteiger partial charge in [-0.1, -0.05) is 42.3 Å². The molecule has 0 saturated carbocycles. The van der Waals surface area contributed by atoms with E-state index >= 15 is 0 Å². The highest BCUT2D eigenvalue weighted by Crippen LogP contribution is 2.31. The molecular weight excluding hydrogens is 312 g/mol. The van der Waals surface area contributed by atoms with Gasteiger partial charge in [-0.05, 0) is 49.9 Å².